The van der Waals surface area contributed by atoms with Gasteiger partial charge in [0.2, 0.25) is 5.91 Å². The summed E-state index contributed by atoms with van der Waals surface area (Å²) < 4.78 is 11.9. The van der Waals surface area contributed by atoms with Crippen molar-refractivity contribution in [3.8, 4) is 11.5 Å². The number of nitrogens with zero attached hydrogens (tertiary/aromatic N) is 3. The van der Waals surface area contributed by atoms with Crippen LogP contribution in [0.3, 0.4) is 0 Å². The summed E-state index contributed by atoms with van der Waals surface area (Å²) in [6, 6.07) is 6.36. The number of carbonyl (C=O) groups excluding carboxylic acids is 1. The van der Waals surface area contributed by atoms with Crippen LogP contribution in [-0.2, 0) is 11.2 Å². The van der Waals surface area contributed by atoms with Gasteiger partial charge < -0.3 is 24.9 Å². The molecule has 0 bridgehead atoms. The lowest BCUT2D eigenvalue weighted by Crippen LogP contribution is -2.34. The summed E-state index contributed by atoms with van der Waals surface area (Å²) in [5, 5.41) is 17.7. The summed E-state index contributed by atoms with van der Waals surface area (Å²) in [6.07, 6.45) is 1.09. The number of carbonyl (C=O) groups is 1. The number of methoxy groups -OCH3 is 2. The number of nitrogens with one attached hydrogen (secondary N) is 1. The van der Waals surface area contributed by atoms with E-state index in [1.165, 1.54) is 10.7 Å². The van der Waals surface area contributed by atoms with Gasteiger partial charge >= 0.3 is 5.82 Å². The lowest BCUT2D eigenvalue weighted by atomic mass is 10.1. The van der Waals surface area contributed by atoms with Crippen LogP contribution in [0.15, 0.2) is 24.3 Å². The van der Waals surface area contributed by atoms with Crippen molar-refractivity contribution >= 4 is 11.7 Å². The molecule has 9 nitrogen and oxygen atoms in total. The highest BCUT2D eigenvalue weighted by Gasteiger charge is 2.26. The minimum atomic E-state index is -0.593. The van der Waals surface area contributed by atoms with Gasteiger partial charge in [0.1, 0.15) is 0 Å². The van der Waals surface area contributed by atoms with Gasteiger partial charge in [0, 0.05) is 6.54 Å². The first kappa shape index (κ1) is 20.2. The third-order valence-electron chi connectivity index (χ3n) is 4.24. The zero-order valence-corrected chi connectivity index (χ0v) is 15.9. The molecule has 27 heavy (non-hydrogen) atoms. The second-order valence-corrected chi connectivity index (χ2v) is 6.00. The lowest BCUT2D eigenvalue weighted by Gasteiger charge is -2.14. The van der Waals surface area contributed by atoms with Gasteiger partial charge in [0.25, 0.3) is 0 Å². The van der Waals surface area contributed by atoms with Crippen molar-refractivity contribution < 1.29 is 19.2 Å². The predicted molar refractivity (Wildman–Crippen MR) is 99.2 cm³/mol. The van der Waals surface area contributed by atoms with E-state index in [0.717, 1.165) is 5.56 Å². The van der Waals surface area contributed by atoms with Crippen LogP contribution >= 0.6 is 0 Å². The Labute approximate surface area is 157 Å². The van der Waals surface area contributed by atoms with Crippen LogP contribution in [0.4, 0.5) is 5.82 Å². The number of rotatable bonds is 9. The summed E-state index contributed by atoms with van der Waals surface area (Å²) in [7, 11) is 3.14. The maximum absolute atomic E-state index is 12.5. The predicted octanol–water partition coefficient (Wildman–Crippen LogP) is 2.43. The number of ether oxygens (including phenoxy) is 2. The highest BCUT2D eigenvalue weighted by atomic mass is 16.6. The molecule has 0 aliphatic carbocycles. The second kappa shape index (κ2) is 9.02. The molecule has 0 radical (unpaired) electrons. The Morgan fingerprint density at radius 1 is 1.30 bits per heavy atom. The summed E-state index contributed by atoms with van der Waals surface area (Å²) in [4.78, 5) is 22.9. The molecule has 1 N–H and O–H groups in total. The zero-order chi connectivity index (χ0) is 20.0. The number of aromatic nitrogens is 2. The maximum Gasteiger partial charge on any atom is 0.390 e. The molecule has 1 unspecified atom stereocenters. The molecule has 0 fully saturated rings. The summed E-state index contributed by atoms with van der Waals surface area (Å²) in [6.45, 7) is 3.96. The van der Waals surface area contributed by atoms with Gasteiger partial charge in [-0.2, -0.15) is 4.68 Å². The molecule has 1 aromatic heterocycles. The fourth-order valence-electron chi connectivity index (χ4n) is 2.83. The average molecular weight is 376 g/mol. The Morgan fingerprint density at radius 2 is 2.00 bits per heavy atom. The van der Waals surface area contributed by atoms with E-state index in [1.807, 2.05) is 25.1 Å². The van der Waals surface area contributed by atoms with E-state index >= 15 is 0 Å². The normalized spacial score (nSPS) is 11.7. The van der Waals surface area contributed by atoms with E-state index in [4.69, 9.17) is 9.47 Å². The fraction of sp³-hybridized carbons (Fsp3) is 0.444. The van der Waals surface area contributed by atoms with Gasteiger partial charge in [0.15, 0.2) is 17.5 Å². The van der Waals surface area contributed by atoms with Crippen molar-refractivity contribution in [3.05, 3.63) is 45.6 Å². The van der Waals surface area contributed by atoms with Crippen LogP contribution in [0.2, 0.25) is 0 Å². The SMILES string of the molecule is CCC(C(=O)NCCc1ccc(OC)c(OC)c1)n1nc([N+](=O)[O-])cc1C. The van der Waals surface area contributed by atoms with Crippen molar-refractivity contribution in [3.63, 3.8) is 0 Å². The summed E-state index contributed by atoms with van der Waals surface area (Å²) in [5.41, 5.74) is 1.57. The molecule has 2 aromatic rings. The average Bonchev–Trinajstić information content (AvgIpc) is 3.04. The van der Waals surface area contributed by atoms with Gasteiger partial charge in [-0.3, -0.25) is 4.79 Å². The van der Waals surface area contributed by atoms with E-state index in [2.05, 4.69) is 10.4 Å². The first-order valence-electron chi connectivity index (χ1n) is 8.60. The smallest absolute Gasteiger partial charge is 0.390 e. The molecule has 146 valence electrons. The fourth-order valence-corrected chi connectivity index (χ4v) is 2.83. The van der Waals surface area contributed by atoms with E-state index in [1.54, 1.807) is 21.1 Å². The van der Waals surface area contributed by atoms with E-state index in [-0.39, 0.29) is 11.7 Å². The molecule has 9 heteroatoms. The van der Waals surface area contributed by atoms with Crippen LogP contribution in [-0.4, -0.2) is 41.4 Å². The van der Waals surface area contributed by atoms with Crippen LogP contribution in [0, 0.1) is 17.0 Å². The number of benzene rings is 1. The number of amides is 1. The van der Waals surface area contributed by atoms with E-state index in [0.29, 0.717) is 36.6 Å². The molecule has 0 saturated heterocycles. The number of hydrogen-bond donors (Lipinski definition) is 1. The molecule has 1 atom stereocenters. The Kier molecular flexibility index (Phi) is 6.75. The molecule has 2 rings (SSSR count). The standard InChI is InChI=1S/C18H24N4O5/c1-5-14(21-12(2)10-17(20-21)22(24)25)18(23)19-9-8-13-6-7-15(26-3)16(11-13)27-4/h6-7,10-11,14H,5,8-9H2,1-4H3,(H,19,23). The topological polar surface area (TPSA) is 109 Å². The van der Waals surface area contributed by atoms with Crippen LogP contribution in [0.5, 0.6) is 11.5 Å². The summed E-state index contributed by atoms with van der Waals surface area (Å²) in [5.74, 6) is 0.794. The Hall–Kier alpha value is -3.10. The Balaban J connectivity index is 2.00. The van der Waals surface area contributed by atoms with Gasteiger partial charge in [0.05, 0.1) is 31.1 Å². The van der Waals surface area contributed by atoms with Crippen LogP contribution in [0.1, 0.15) is 30.6 Å². The van der Waals surface area contributed by atoms with Crippen molar-refractivity contribution in [2.75, 3.05) is 20.8 Å². The van der Waals surface area contributed by atoms with Crippen molar-refractivity contribution in [2.24, 2.45) is 0 Å². The number of aryl methyl sites for hydroxylation is 1. The van der Waals surface area contributed by atoms with E-state index < -0.39 is 11.0 Å². The molecule has 1 amide bonds. The molecule has 1 aromatic carbocycles. The number of hydrogen-bond acceptors (Lipinski definition) is 6. The van der Waals surface area contributed by atoms with E-state index in [9.17, 15) is 14.9 Å². The molecule has 0 aliphatic rings. The van der Waals surface area contributed by atoms with Gasteiger partial charge in [-0.25, -0.2) is 0 Å². The number of nitro groups is 1. The minimum Gasteiger partial charge on any atom is -0.493 e. The molecule has 1 heterocycles. The highest BCUT2D eigenvalue weighted by Crippen LogP contribution is 2.27. The molecular weight excluding hydrogens is 352 g/mol. The third-order valence-corrected chi connectivity index (χ3v) is 4.24. The van der Waals surface area contributed by atoms with Crippen molar-refractivity contribution in [1.29, 1.82) is 0 Å². The molecule has 0 spiro atoms. The van der Waals surface area contributed by atoms with Gasteiger partial charge in [-0.1, -0.05) is 13.0 Å². The lowest BCUT2D eigenvalue weighted by molar-refractivity contribution is -0.389. The van der Waals surface area contributed by atoms with Crippen molar-refractivity contribution in [2.45, 2.75) is 32.7 Å². The zero-order valence-electron chi connectivity index (χ0n) is 15.9. The van der Waals surface area contributed by atoms with Gasteiger partial charge in [-0.05, 0) is 42.4 Å². The molecular formula is C18H24N4O5. The van der Waals surface area contributed by atoms with Crippen LogP contribution < -0.4 is 14.8 Å². The van der Waals surface area contributed by atoms with Gasteiger partial charge in [-0.15, -0.1) is 0 Å². The molecule has 0 aliphatic heterocycles. The first-order chi connectivity index (χ1) is 12.9. The Morgan fingerprint density at radius 3 is 2.56 bits per heavy atom. The monoisotopic (exact) mass is 376 g/mol. The molecule has 0 saturated carbocycles. The largest absolute Gasteiger partial charge is 0.493 e. The quantitative estimate of drug-likeness (QED) is 0.532. The summed E-state index contributed by atoms with van der Waals surface area (Å²) >= 11 is 0. The first-order valence-corrected chi connectivity index (χ1v) is 8.60. The van der Waals surface area contributed by atoms with Crippen LogP contribution in [0.25, 0.3) is 0 Å². The second-order valence-electron chi connectivity index (χ2n) is 6.00. The van der Waals surface area contributed by atoms with Crippen molar-refractivity contribution in [1.82, 2.24) is 15.1 Å². The minimum absolute atomic E-state index is 0.223. The maximum atomic E-state index is 12.5. The highest BCUT2D eigenvalue weighted by molar-refractivity contribution is 5.80. The third kappa shape index (κ3) is 4.75. The Bertz CT molecular complexity index is 818.